The molecule has 0 radical (unpaired) electrons. The average molecular weight is 288 g/mol. The second-order valence-corrected chi connectivity index (χ2v) is 4.14. The van der Waals surface area contributed by atoms with Gasteiger partial charge in [0.2, 0.25) is 5.91 Å². The van der Waals surface area contributed by atoms with Gasteiger partial charge in [-0.2, -0.15) is 0 Å². The van der Waals surface area contributed by atoms with Gasteiger partial charge in [0.1, 0.15) is 0 Å². The minimum atomic E-state index is -0.340. The van der Waals surface area contributed by atoms with E-state index >= 15 is 0 Å². The number of rotatable bonds is 10. The summed E-state index contributed by atoms with van der Waals surface area (Å²) in [7, 11) is 1.33. The van der Waals surface area contributed by atoms with Crippen molar-refractivity contribution < 1.29 is 23.9 Å². The van der Waals surface area contributed by atoms with Crippen LogP contribution in [0.2, 0.25) is 0 Å². The number of nitrogens with zero attached hydrogens (tertiary/aromatic N) is 1. The van der Waals surface area contributed by atoms with E-state index in [1.165, 1.54) is 7.11 Å². The van der Waals surface area contributed by atoms with Crippen molar-refractivity contribution >= 4 is 17.8 Å². The lowest BCUT2D eigenvalue weighted by Crippen LogP contribution is -2.40. The molecule has 0 aromatic rings. The van der Waals surface area contributed by atoms with E-state index in [4.69, 9.17) is 4.74 Å². The molecule has 0 aromatic carbocycles. The molecule has 0 atom stereocenters. The van der Waals surface area contributed by atoms with Crippen molar-refractivity contribution in [3.63, 3.8) is 0 Å². The highest BCUT2D eigenvalue weighted by molar-refractivity contribution is 5.79. The van der Waals surface area contributed by atoms with E-state index in [0.717, 1.165) is 0 Å². The van der Waals surface area contributed by atoms with Gasteiger partial charge in [-0.25, -0.2) is 0 Å². The second kappa shape index (κ2) is 11.2. The van der Waals surface area contributed by atoms with Crippen molar-refractivity contribution in [2.45, 2.75) is 26.7 Å². The monoisotopic (exact) mass is 288 g/mol. The largest absolute Gasteiger partial charge is 0.469 e. The molecule has 0 aliphatic carbocycles. The van der Waals surface area contributed by atoms with E-state index in [2.05, 4.69) is 10.1 Å². The smallest absolute Gasteiger partial charge is 0.320 e. The average Bonchev–Trinajstić information content (AvgIpc) is 2.42. The Bertz CT molecular complexity index is 320. The molecule has 0 rings (SSSR count). The van der Waals surface area contributed by atoms with Crippen LogP contribution in [0.15, 0.2) is 0 Å². The highest BCUT2D eigenvalue weighted by Gasteiger charge is 2.13. The molecule has 20 heavy (non-hydrogen) atoms. The van der Waals surface area contributed by atoms with Crippen molar-refractivity contribution in [1.82, 2.24) is 10.2 Å². The van der Waals surface area contributed by atoms with E-state index in [1.54, 1.807) is 11.8 Å². The molecule has 0 saturated heterocycles. The molecule has 0 aliphatic heterocycles. The Morgan fingerprint density at radius 1 is 1.10 bits per heavy atom. The number of methoxy groups -OCH3 is 1. The highest BCUT2D eigenvalue weighted by atomic mass is 16.5. The molecule has 0 spiro atoms. The maximum Gasteiger partial charge on any atom is 0.320 e. The van der Waals surface area contributed by atoms with Gasteiger partial charge in [0, 0.05) is 13.0 Å². The molecule has 0 aromatic heterocycles. The highest BCUT2D eigenvalue weighted by Crippen LogP contribution is 1.92. The van der Waals surface area contributed by atoms with Crippen molar-refractivity contribution in [3.8, 4) is 0 Å². The van der Waals surface area contributed by atoms with Crippen LogP contribution in [0.5, 0.6) is 0 Å². The molecule has 0 heterocycles. The summed E-state index contributed by atoms with van der Waals surface area (Å²) < 4.78 is 9.32. The third-order valence-corrected chi connectivity index (χ3v) is 2.58. The number of esters is 2. The van der Waals surface area contributed by atoms with Gasteiger partial charge in [0.15, 0.2) is 0 Å². The third kappa shape index (κ3) is 9.32. The minimum Gasteiger partial charge on any atom is -0.469 e. The van der Waals surface area contributed by atoms with Crippen molar-refractivity contribution in [2.24, 2.45) is 0 Å². The fraction of sp³-hybridized carbons (Fsp3) is 0.769. The number of carbonyl (C=O) groups excluding carboxylic acids is 3. The van der Waals surface area contributed by atoms with E-state index in [1.807, 2.05) is 6.92 Å². The number of nitrogens with one attached hydrogen (secondary N) is 1. The zero-order chi connectivity index (χ0) is 15.4. The lowest BCUT2D eigenvalue weighted by Gasteiger charge is -2.18. The molecule has 116 valence electrons. The number of amides is 1. The van der Waals surface area contributed by atoms with Gasteiger partial charge in [0.05, 0.1) is 26.8 Å². The van der Waals surface area contributed by atoms with Gasteiger partial charge in [-0.3, -0.25) is 19.3 Å². The fourth-order valence-corrected chi connectivity index (χ4v) is 1.49. The predicted octanol–water partition coefficient (Wildman–Crippen LogP) is -0.0592. The maximum atomic E-state index is 11.6. The van der Waals surface area contributed by atoms with Gasteiger partial charge < -0.3 is 14.8 Å². The first-order valence-corrected chi connectivity index (χ1v) is 6.74. The molecule has 0 bridgehead atoms. The van der Waals surface area contributed by atoms with Crippen LogP contribution < -0.4 is 5.32 Å². The van der Waals surface area contributed by atoms with Crippen LogP contribution in [0.3, 0.4) is 0 Å². The van der Waals surface area contributed by atoms with Crippen LogP contribution in [0.1, 0.15) is 26.7 Å². The van der Waals surface area contributed by atoms with Crippen molar-refractivity contribution in [3.05, 3.63) is 0 Å². The van der Waals surface area contributed by atoms with Crippen LogP contribution in [0, 0.1) is 0 Å². The van der Waals surface area contributed by atoms with Gasteiger partial charge >= 0.3 is 11.9 Å². The molecule has 7 heteroatoms. The summed E-state index contributed by atoms with van der Waals surface area (Å²) >= 11 is 0. The summed E-state index contributed by atoms with van der Waals surface area (Å²) in [5.41, 5.74) is 0. The van der Waals surface area contributed by atoms with Gasteiger partial charge in [-0.15, -0.1) is 0 Å². The van der Waals surface area contributed by atoms with E-state index < -0.39 is 0 Å². The molecule has 1 N–H and O–H groups in total. The van der Waals surface area contributed by atoms with Crippen molar-refractivity contribution in [2.75, 3.05) is 39.9 Å². The lowest BCUT2D eigenvalue weighted by molar-refractivity contribution is -0.145. The van der Waals surface area contributed by atoms with Gasteiger partial charge in [0.25, 0.3) is 0 Å². The van der Waals surface area contributed by atoms with Crippen molar-refractivity contribution in [1.29, 1.82) is 0 Å². The first kappa shape index (κ1) is 18.4. The fourth-order valence-electron chi connectivity index (χ4n) is 1.49. The number of likely N-dealkylation sites (N-methyl/N-ethyl adjacent to an activating group) is 1. The van der Waals surface area contributed by atoms with E-state index in [0.29, 0.717) is 26.1 Å². The zero-order valence-electron chi connectivity index (χ0n) is 12.4. The molecular formula is C13H24N2O5. The first-order valence-electron chi connectivity index (χ1n) is 6.74. The Labute approximate surface area is 119 Å². The van der Waals surface area contributed by atoms with Crippen LogP contribution in [0.4, 0.5) is 0 Å². The molecule has 0 unspecified atom stereocenters. The summed E-state index contributed by atoms with van der Waals surface area (Å²) in [4.78, 5) is 35.5. The second-order valence-electron chi connectivity index (χ2n) is 4.14. The summed E-state index contributed by atoms with van der Waals surface area (Å²) in [5.74, 6) is -0.814. The molecule has 0 saturated carbocycles. The standard InChI is InChI=1S/C13H24N2O5/c1-4-15(10-13(18)20-5-2)9-11(16)14-8-6-7-12(17)19-3/h4-10H2,1-3H3,(H,14,16). The topological polar surface area (TPSA) is 84.9 Å². The molecule has 0 aliphatic rings. The van der Waals surface area contributed by atoms with Gasteiger partial charge in [-0.05, 0) is 19.9 Å². The number of ether oxygens (including phenoxy) is 2. The first-order chi connectivity index (χ1) is 9.53. The van der Waals surface area contributed by atoms with Crippen LogP contribution in [-0.2, 0) is 23.9 Å². The third-order valence-electron chi connectivity index (χ3n) is 2.58. The van der Waals surface area contributed by atoms with Gasteiger partial charge in [-0.1, -0.05) is 6.92 Å². The predicted molar refractivity (Wildman–Crippen MR) is 73.0 cm³/mol. The number of hydrogen-bond acceptors (Lipinski definition) is 6. The Balaban J connectivity index is 3.86. The Kier molecular flexibility index (Phi) is 10.3. The molecule has 1 amide bonds. The quantitative estimate of drug-likeness (QED) is 0.448. The maximum absolute atomic E-state index is 11.6. The number of carbonyl (C=O) groups is 3. The normalized spacial score (nSPS) is 10.2. The van der Waals surface area contributed by atoms with Crippen LogP contribution in [0.25, 0.3) is 0 Å². The molecule has 0 fully saturated rings. The van der Waals surface area contributed by atoms with E-state index in [9.17, 15) is 14.4 Å². The summed E-state index contributed by atoms with van der Waals surface area (Å²) in [6, 6.07) is 0. The minimum absolute atomic E-state index is 0.0971. The summed E-state index contributed by atoms with van der Waals surface area (Å²) in [5, 5.41) is 2.69. The zero-order valence-corrected chi connectivity index (χ0v) is 12.4. The van der Waals surface area contributed by atoms with E-state index in [-0.39, 0.29) is 37.4 Å². The Morgan fingerprint density at radius 2 is 1.80 bits per heavy atom. The summed E-state index contributed by atoms with van der Waals surface area (Å²) in [6.45, 7) is 5.15. The lowest BCUT2D eigenvalue weighted by atomic mass is 10.3. The van der Waals surface area contributed by atoms with Crippen LogP contribution in [-0.4, -0.2) is 62.6 Å². The molecule has 7 nitrogen and oxygen atoms in total. The SMILES string of the molecule is CCOC(=O)CN(CC)CC(=O)NCCCC(=O)OC. The van der Waals surface area contributed by atoms with Crippen LogP contribution >= 0.6 is 0 Å². The summed E-state index contributed by atoms with van der Waals surface area (Å²) in [6.07, 6.45) is 0.805. The molecular weight excluding hydrogens is 264 g/mol. The number of hydrogen-bond donors (Lipinski definition) is 1. The Hall–Kier alpha value is -1.63. The Morgan fingerprint density at radius 3 is 2.35 bits per heavy atom.